The number of halogens is 2. The number of aryl methyl sites for hydroxylation is 1. The van der Waals surface area contributed by atoms with E-state index in [1.54, 1.807) is 24.3 Å². The Morgan fingerprint density at radius 2 is 1.79 bits per heavy atom. The minimum atomic E-state index is -1.28. The molecule has 0 saturated heterocycles. The summed E-state index contributed by atoms with van der Waals surface area (Å²) < 4.78 is 34.9. The topological polar surface area (TPSA) is 134 Å². The lowest BCUT2D eigenvalue weighted by atomic mass is 9.89. The van der Waals surface area contributed by atoms with E-state index in [1.165, 1.54) is 6.07 Å². The van der Waals surface area contributed by atoms with Gasteiger partial charge in [0.25, 0.3) is 0 Å². The number of carboxylic acid groups (broad SMARTS) is 1. The first-order valence-electron chi connectivity index (χ1n) is 13.8. The Morgan fingerprint density at radius 1 is 0.977 bits per heavy atom. The molecule has 0 saturated carbocycles. The summed E-state index contributed by atoms with van der Waals surface area (Å²) in [5.41, 5.74) is 3.34. The molecule has 1 atom stereocenters. The van der Waals surface area contributed by atoms with Crippen molar-refractivity contribution in [3.8, 4) is 28.2 Å². The zero-order valence-corrected chi connectivity index (χ0v) is 23.0. The molecule has 3 aliphatic rings. The number of nitrogens with zero attached hydrogens (tertiary/aromatic N) is 2. The van der Waals surface area contributed by atoms with Crippen molar-refractivity contribution in [1.82, 2.24) is 10.2 Å². The third-order valence-corrected chi connectivity index (χ3v) is 7.93. The third kappa shape index (κ3) is 5.25. The number of aliphatic hydroxyl groups excluding tert-OH is 1. The average molecular weight is 585 g/mol. The van der Waals surface area contributed by atoms with Gasteiger partial charge >= 0.3 is 5.97 Å². The SMILES string of the molecule is Cc1nnc(/C=C/c2ccc(C(=O)O)c(-c3c4cc(F)c(=O)cc-4oc4cc(O)c(F)cc34)c2)c2c1CCCC(O)CC2. The van der Waals surface area contributed by atoms with Crippen LogP contribution in [0.25, 0.3) is 45.6 Å². The van der Waals surface area contributed by atoms with E-state index in [0.717, 1.165) is 60.3 Å². The van der Waals surface area contributed by atoms with E-state index in [9.17, 15) is 33.7 Å². The first-order chi connectivity index (χ1) is 20.6. The molecule has 10 heteroatoms. The lowest BCUT2D eigenvalue weighted by Gasteiger charge is -2.20. The molecule has 3 N–H and O–H groups in total. The van der Waals surface area contributed by atoms with E-state index in [2.05, 4.69) is 10.2 Å². The summed E-state index contributed by atoms with van der Waals surface area (Å²) in [6.07, 6.45) is 6.70. The minimum Gasteiger partial charge on any atom is -0.505 e. The van der Waals surface area contributed by atoms with E-state index in [4.69, 9.17) is 4.42 Å². The zero-order chi connectivity index (χ0) is 30.4. The van der Waals surface area contributed by atoms with Crippen LogP contribution < -0.4 is 5.43 Å². The number of hydrogen-bond donors (Lipinski definition) is 3. The first-order valence-corrected chi connectivity index (χ1v) is 13.8. The van der Waals surface area contributed by atoms with Gasteiger partial charge in [0, 0.05) is 28.6 Å². The van der Waals surface area contributed by atoms with Gasteiger partial charge in [-0.05, 0) is 91.6 Å². The number of hydrogen-bond acceptors (Lipinski definition) is 7. The van der Waals surface area contributed by atoms with Crippen LogP contribution in [-0.4, -0.2) is 37.6 Å². The highest BCUT2D eigenvalue weighted by Crippen LogP contribution is 2.43. The molecule has 1 aliphatic heterocycles. The Hall–Kier alpha value is -4.96. The molecule has 1 aromatic heterocycles. The molecule has 1 unspecified atom stereocenters. The minimum absolute atomic E-state index is 0.0274. The number of aromatic hydroxyl groups is 1. The van der Waals surface area contributed by atoms with E-state index in [0.29, 0.717) is 24.1 Å². The van der Waals surface area contributed by atoms with Gasteiger partial charge in [0.15, 0.2) is 17.4 Å². The van der Waals surface area contributed by atoms with E-state index in [1.807, 2.05) is 6.92 Å². The molecule has 0 amide bonds. The zero-order valence-electron chi connectivity index (χ0n) is 23.0. The Morgan fingerprint density at radius 3 is 2.58 bits per heavy atom. The average Bonchev–Trinajstić information content (AvgIpc) is 2.95. The second kappa shape index (κ2) is 11.0. The molecule has 0 radical (unpaired) electrons. The molecule has 0 spiro atoms. The number of carbonyl (C=O) groups is 1. The Bertz CT molecular complexity index is 1980. The van der Waals surface area contributed by atoms with Crippen LogP contribution >= 0.6 is 0 Å². The number of benzene rings is 3. The molecule has 0 bridgehead atoms. The number of phenolic OH excluding ortho intramolecular Hbond substituents is 1. The number of fused-ring (bicyclic) bond motifs is 3. The van der Waals surface area contributed by atoms with Crippen molar-refractivity contribution in [1.29, 1.82) is 0 Å². The maximum absolute atomic E-state index is 14.6. The van der Waals surface area contributed by atoms with Gasteiger partial charge in [-0.25, -0.2) is 13.6 Å². The van der Waals surface area contributed by atoms with Gasteiger partial charge in [-0.3, -0.25) is 4.79 Å². The molecular formula is C33H26F2N2O6. The predicted molar refractivity (Wildman–Crippen MR) is 156 cm³/mol. The lowest BCUT2D eigenvalue weighted by molar-refractivity contribution is 0.0697. The number of carboxylic acids is 1. The first kappa shape index (κ1) is 28.2. The normalized spacial score (nSPS) is 15.5. The van der Waals surface area contributed by atoms with Gasteiger partial charge in [-0.15, -0.1) is 0 Å². The molecule has 3 aromatic rings. The molecular weight excluding hydrogens is 558 g/mol. The second-order valence-corrected chi connectivity index (χ2v) is 10.7. The predicted octanol–water partition coefficient (Wildman–Crippen LogP) is 6.15. The van der Waals surface area contributed by atoms with Crippen LogP contribution in [0.1, 0.15) is 57.7 Å². The highest BCUT2D eigenvalue weighted by molar-refractivity contribution is 6.08. The van der Waals surface area contributed by atoms with E-state index in [-0.39, 0.29) is 45.1 Å². The van der Waals surface area contributed by atoms with Gasteiger partial charge in [0.2, 0.25) is 5.43 Å². The van der Waals surface area contributed by atoms with Gasteiger partial charge in [0.05, 0.1) is 23.1 Å². The second-order valence-electron chi connectivity index (χ2n) is 10.7. The Balaban J connectivity index is 1.55. The number of aliphatic hydroxyl groups is 1. The fourth-order valence-electron chi connectivity index (χ4n) is 5.76. The van der Waals surface area contributed by atoms with Crippen LogP contribution in [0.4, 0.5) is 8.78 Å². The molecule has 6 rings (SSSR count). The number of aromatic nitrogens is 2. The van der Waals surface area contributed by atoms with Crippen LogP contribution in [-0.2, 0) is 12.8 Å². The molecule has 2 aromatic carbocycles. The standard InChI is InChI=1S/C33H26F2N2O6/c1-16-19-4-2-3-18(38)7-9-20(19)27(37-36-16)10-6-17-5-8-21(33(41)42)22(11-17)32-23-12-25(34)28(39)14-30(23)43-31-15-29(40)26(35)13-24(31)32/h5-6,8,10-15,18,38-39H,2-4,7,9H2,1H3,(H,41,42)/b10-6+. The summed E-state index contributed by atoms with van der Waals surface area (Å²) >= 11 is 0. The molecule has 8 nitrogen and oxygen atoms in total. The number of aromatic carboxylic acids is 1. The highest BCUT2D eigenvalue weighted by Gasteiger charge is 2.25. The Labute approximate surface area is 243 Å². The van der Waals surface area contributed by atoms with Crippen LogP contribution in [0, 0.1) is 18.6 Å². The van der Waals surface area contributed by atoms with Crippen LogP contribution in [0.5, 0.6) is 5.75 Å². The quantitative estimate of drug-likeness (QED) is 0.214. The number of rotatable bonds is 4. The summed E-state index contributed by atoms with van der Waals surface area (Å²) in [6, 6.07) is 8.41. The summed E-state index contributed by atoms with van der Waals surface area (Å²) in [6.45, 7) is 1.91. The summed E-state index contributed by atoms with van der Waals surface area (Å²) in [5, 5.41) is 39.1. The van der Waals surface area contributed by atoms with Crippen molar-refractivity contribution in [2.24, 2.45) is 0 Å². The van der Waals surface area contributed by atoms with Gasteiger partial charge < -0.3 is 19.7 Å². The van der Waals surface area contributed by atoms with E-state index < -0.39 is 28.8 Å². The van der Waals surface area contributed by atoms with Crippen molar-refractivity contribution in [2.45, 2.75) is 45.1 Å². The van der Waals surface area contributed by atoms with Crippen molar-refractivity contribution in [3.05, 3.63) is 98.0 Å². The van der Waals surface area contributed by atoms with Crippen molar-refractivity contribution >= 4 is 29.1 Å². The third-order valence-electron chi connectivity index (χ3n) is 7.93. The molecule has 0 fully saturated rings. The molecule has 218 valence electrons. The largest absolute Gasteiger partial charge is 0.505 e. The molecule has 2 heterocycles. The maximum atomic E-state index is 14.6. The summed E-state index contributed by atoms with van der Waals surface area (Å²) in [4.78, 5) is 24.5. The van der Waals surface area contributed by atoms with Crippen molar-refractivity contribution in [2.75, 3.05) is 0 Å². The van der Waals surface area contributed by atoms with Gasteiger partial charge in [-0.2, -0.15) is 10.2 Å². The summed E-state index contributed by atoms with van der Waals surface area (Å²) in [7, 11) is 0. The lowest BCUT2D eigenvalue weighted by Crippen LogP contribution is -2.15. The van der Waals surface area contributed by atoms with Crippen LogP contribution in [0.2, 0.25) is 0 Å². The highest BCUT2D eigenvalue weighted by atomic mass is 19.1. The fourth-order valence-corrected chi connectivity index (χ4v) is 5.76. The van der Waals surface area contributed by atoms with Crippen LogP contribution in [0.3, 0.4) is 0 Å². The van der Waals surface area contributed by atoms with Crippen molar-refractivity contribution in [3.63, 3.8) is 0 Å². The number of phenols is 1. The molecule has 43 heavy (non-hydrogen) atoms. The monoisotopic (exact) mass is 584 g/mol. The summed E-state index contributed by atoms with van der Waals surface area (Å²) in [5.74, 6) is -4.13. The fraction of sp³-hybridized carbons (Fsp3) is 0.212. The maximum Gasteiger partial charge on any atom is 0.336 e. The van der Waals surface area contributed by atoms with Gasteiger partial charge in [0.1, 0.15) is 11.3 Å². The smallest absolute Gasteiger partial charge is 0.336 e. The van der Waals surface area contributed by atoms with E-state index >= 15 is 0 Å². The van der Waals surface area contributed by atoms with Gasteiger partial charge in [-0.1, -0.05) is 12.1 Å². The van der Waals surface area contributed by atoms with Crippen molar-refractivity contribution < 1.29 is 33.3 Å². The van der Waals surface area contributed by atoms with Crippen LogP contribution in [0.15, 0.2) is 51.7 Å². The Kier molecular flexibility index (Phi) is 7.23. The molecule has 2 aliphatic carbocycles.